The van der Waals surface area contributed by atoms with Crippen LogP contribution in [-0.2, 0) is 65.4 Å². The lowest BCUT2D eigenvalue weighted by Crippen LogP contribution is -2.30. The minimum absolute atomic E-state index is 0.110. The molecule has 19 heteroatoms. The number of rotatable bonds is 92. The van der Waals surface area contributed by atoms with Crippen LogP contribution in [0, 0.1) is 0 Å². The highest BCUT2D eigenvalue weighted by molar-refractivity contribution is 7.47. The van der Waals surface area contributed by atoms with Gasteiger partial charge < -0.3 is 33.8 Å². The first-order chi connectivity index (χ1) is 53.7. The number of carbonyl (C=O) groups is 4. The van der Waals surface area contributed by atoms with Crippen molar-refractivity contribution >= 4 is 39.5 Å². The van der Waals surface area contributed by atoms with E-state index in [1.165, 1.54) is 334 Å². The molecular weight excluding hydrogens is 1430 g/mol. The molecule has 0 saturated heterocycles. The van der Waals surface area contributed by atoms with Gasteiger partial charge in [-0.3, -0.25) is 37.3 Å². The van der Waals surface area contributed by atoms with Crippen LogP contribution in [0.1, 0.15) is 503 Å². The second kappa shape index (κ2) is 85.0. The summed E-state index contributed by atoms with van der Waals surface area (Å²) in [7, 11) is -9.93. The third kappa shape index (κ3) is 84.0. The van der Waals surface area contributed by atoms with Gasteiger partial charge in [0.2, 0.25) is 0 Å². The lowest BCUT2D eigenvalue weighted by atomic mass is 10.0. The van der Waals surface area contributed by atoms with Gasteiger partial charge in [-0.2, -0.15) is 0 Å². The first-order valence-electron chi connectivity index (χ1n) is 47.3. The van der Waals surface area contributed by atoms with Gasteiger partial charge in [-0.15, -0.1) is 0 Å². The standard InChI is InChI=1S/C91H178O17P2/c1-5-9-13-17-21-25-29-32-35-38-41-43-46-49-52-55-58-62-66-70-74-78-91(96)108-87(82-102-89(94)76-72-68-64-60-56-53-50-47-45-42-39-36-33-30-26-22-18-14-10-6-2)84-106-110(99,100)104-80-85(92)79-103-109(97,98)105-83-86(81-101-88(93)75-71-67-63-59-28-24-20-16-12-8-4)107-90(95)77-73-69-65-61-57-54-51-48-44-40-37-34-31-27-23-19-15-11-7-3/h85-87,92H,5-84H2,1-4H3,(H,97,98)(H,99,100)/t85-,86+,87+/m0/s1. The van der Waals surface area contributed by atoms with Crippen molar-refractivity contribution in [2.24, 2.45) is 0 Å². The molecule has 0 aliphatic carbocycles. The molecule has 0 aliphatic heterocycles. The van der Waals surface area contributed by atoms with Gasteiger partial charge in [0, 0.05) is 25.7 Å². The van der Waals surface area contributed by atoms with Gasteiger partial charge >= 0.3 is 39.5 Å². The predicted molar refractivity (Wildman–Crippen MR) is 455 cm³/mol. The number of aliphatic hydroxyl groups is 1. The van der Waals surface area contributed by atoms with Crippen molar-refractivity contribution in [2.45, 2.75) is 521 Å². The highest BCUT2D eigenvalue weighted by atomic mass is 31.2. The molecule has 0 aliphatic rings. The molecule has 654 valence electrons. The van der Waals surface area contributed by atoms with Gasteiger partial charge in [-0.1, -0.05) is 451 Å². The third-order valence-corrected chi connectivity index (χ3v) is 23.5. The average molecular weight is 1610 g/mol. The summed E-state index contributed by atoms with van der Waals surface area (Å²) in [6.07, 6.45) is 82.1. The van der Waals surface area contributed by atoms with Crippen molar-refractivity contribution in [2.75, 3.05) is 39.6 Å². The number of ether oxygens (including phenoxy) is 4. The van der Waals surface area contributed by atoms with E-state index in [2.05, 4.69) is 27.7 Å². The molecule has 0 amide bonds. The Morgan fingerprint density at radius 3 is 0.536 bits per heavy atom. The Kier molecular flexibility index (Phi) is 83.5. The Bertz CT molecular complexity index is 2070. The van der Waals surface area contributed by atoms with E-state index in [9.17, 15) is 43.2 Å². The van der Waals surface area contributed by atoms with Crippen LogP contribution in [0.3, 0.4) is 0 Å². The second-order valence-corrected chi connectivity index (χ2v) is 35.6. The molecule has 0 spiro atoms. The van der Waals surface area contributed by atoms with E-state index in [1.54, 1.807) is 0 Å². The van der Waals surface area contributed by atoms with E-state index >= 15 is 0 Å². The minimum atomic E-state index is -4.97. The van der Waals surface area contributed by atoms with Crippen LogP contribution >= 0.6 is 15.6 Å². The first-order valence-corrected chi connectivity index (χ1v) is 50.3. The summed E-state index contributed by atoms with van der Waals surface area (Å²) < 4.78 is 69.0. The number of aliphatic hydroxyl groups excluding tert-OH is 1. The molecule has 0 fully saturated rings. The van der Waals surface area contributed by atoms with E-state index in [0.29, 0.717) is 25.7 Å². The molecule has 0 bridgehead atoms. The van der Waals surface area contributed by atoms with Crippen molar-refractivity contribution in [3.63, 3.8) is 0 Å². The zero-order valence-corrected chi connectivity index (χ0v) is 74.0. The fraction of sp³-hybridized carbons (Fsp3) is 0.956. The number of hydrogen-bond donors (Lipinski definition) is 3. The summed E-state index contributed by atoms with van der Waals surface area (Å²) in [5.41, 5.74) is 0. The van der Waals surface area contributed by atoms with Gasteiger partial charge in [0.1, 0.15) is 19.3 Å². The van der Waals surface area contributed by atoms with Gasteiger partial charge in [0.25, 0.3) is 0 Å². The smallest absolute Gasteiger partial charge is 0.462 e. The van der Waals surface area contributed by atoms with Gasteiger partial charge in [0.15, 0.2) is 12.2 Å². The summed E-state index contributed by atoms with van der Waals surface area (Å²) in [6, 6.07) is 0. The van der Waals surface area contributed by atoms with Gasteiger partial charge in [0.05, 0.1) is 26.4 Å². The van der Waals surface area contributed by atoms with Crippen molar-refractivity contribution in [1.82, 2.24) is 0 Å². The van der Waals surface area contributed by atoms with Crippen molar-refractivity contribution < 1.29 is 80.2 Å². The fourth-order valence-corrected chi connectivity index (χ4v) is 16.0. The van der Waals surface area contributed by atoms with Crippen LogP contribution in [0.25, 0.3) is 0 Å². The zero-order valence-electron chi connectivity index (χ0n) is 72.3. The third-order valence-electron chi connectivity index (χ3n) is 21.6. The van der Waals surface area contributed by atoms with E-state index in [4.69, 9.17) is 37.0 Å². The molecule has 17 nitrogen and oxygen atoms in total. The molecule has 2 unspecified atom stereocenters. The molecule has 0 aromatic carbocycles. The fourth-order valence-electron chi connectivity index (χ4n) is 14.4. The second-order valence-electron chi connectivity index (χ2n) is 32.7. The molecule has 0 radical (unpaired) electrons. The topological polar surface area (TPSA) is 237 Å². The molecule has 0 aromatic rings. The Morgan fingerprint density at radius 2 is 0.364 bits per heavy atom. The van der Waals surface area contributed by atoms with E-state index in [-0.39, 0.29) is 25.7 Å². The highest BCUT2D eigenvalue weighted by Crippen LogP contribution is 2.45. The molecule has 3 N–H and O–H groups in total. The van der Waals surface area contributed by atoms with Crippen LogP contribution in [0.15, 0.2) is 0 Å². The van der Waals surface area contributed by atoms with Crippen molar-refractivity contribution in [3.8, 4) is 0 Å². The van der Waals surface area contributed by atoms with Crippen molar-refractivity contribution in [3.05, 3.63) is 0 Å². The van der Waals surface area contributed by atoms with E-state index < -0.39 is 97.5 Å². The molecule has 0 heterocycles. The highest BCUT2D eigenvalue weighted by Gasteiger charge is 2.31. The molecular formula is C91H178O17P2. The maximum absolute atomic E-state index is 13.2. The Hall–Kier alpha value is -1.94. The summed E-state index contributed by atoms with van der Waals surface area (Å²) in [5.74, 6) is -2.09. The monoisotopic (exact) mass is 1610 g/mol. The largest absolute Gasteiger partial charge is 0.472 e. The van der Waals surface area contributed by atoms with Crippen LogP contribution in [-0.4, -0.2) is 96.7 Å². The van der Waals surface area contributed by atoms with Crippen molar-refractivity contribution in [1.29, 1.82) is 0 Å². The molecule has 0 saturated carbocycles. The number of unbranched alkanes of at least 4 members (excludes halogenated alkanes) is 66. The molecule has 0 rings (SSSR count). The minimum Gasteiger partial charge on any atom is -0.462 e. The molecule has 5 atom stereocenters. The number of hydrogen-bond acceptors (Lipinski definition) is 15. The Morgan fingerprint density at radius 1 is 0.218 bits per heavy atom. The van der Waals surface area contributed by atoms with Gasteiger partial charge in [-0.25, -0.2) is 9.13 Å². The number of carbonyl (C=O) groups excluding carboxylic acids is 4. The van der Waals surface area contributed by atoms with Crippen LogP contribution in [0.5, 0.6) is 0 Å². The van der Waals surface area contributed by atoms with Crippen LogP contribution in [0.4, 0.5) is 0 Å². The SMILES string of the molecule is CCCCCCCCCCCCCCCCCCCCCCCC(=O)O[C@H](COC(=O)CCCCCCCCCCCCCCCCCCCCCC)COP(=O)(O)OC[C@@H](O)COP(=O)(O)OC[C@@H](COC(=O)CCCCCCCCCCCC)OC(=O)CCCCCCCCCCCCCCCCCCCCC. The van der Waals surface area contributed by atoms with Crippen LogP contribution < -0.4 is 0 Å². The zero-order chi connectivity index (χ0) is 80.3. The van der Waals surface area contributed by atoms with Crippen LogP contribution in [0.2, 0.25) is 0 Å². The quantitative estimate of drug-likeness (QED) is 0.0222. The summed E-state index contributed by atoms with van der Waals surface area (Å²) in [5, 5.41) is 10.7. The lowest BCUT2D eigenvalue weighted by molar-refractivity contribution is -0.161. The molecule has 110 heavy (non-hydrogen) atoms. The summed E-state index contributed by atoms with van der Waals surface area (Å²) >= 11 is 0. The number of phosphoric acid groups is 2. The van der Waals surface area contributed by atoms with E-state index in [0.717, 1.165) is 89.9 Å². The lowest BCUT2D eigenvalue weighted by Gasteiger charge is -2.21. The number of phosphoric ester groups is 2. The maximum atomic E-state index is 13.2. The molecule has 0 aromatic heterocycles. The predicted octanol–water partition coefficient (Wildman–Crippen LogP) is 28.5. The summed E-state index contributed by atoms with van der Waals surface area (Å²) in [4.78, 5) is 73.4. The maximum Gasteiger partial charge on any atom is 0.472 e. The normalized spacial score (nSPS) is 13.6. The summed E-state index contributed by atoms with van der Waals surface area (Å²) in [6.45, 7) is 5.08. The van der Waals surface area contributed by atoms with E-state index in [1.807, 2.05) is 0 Å². The average Bonchev–Trinajstić information content (AvgIpc) is 0.899. The number of esters is 4. The Balaban J connectivity index is 5.21. The first kappa shape index (κ1) is 108. The van der Waals surface area contributed by atoms with Gasteiger partial charge in [-0.05, 0) is 25.7 Å². The Labute approximate surface area is 677 Å².